The van der Waals surface area contributed by atoms with Gasteiger partial charge in [-0.2, -0.15) is 0 Å². The van der Waals surface area contributed by atoms with Gasteiger partial charge in [0, 0.05) is 19.6 Å². The Morgan fingerprint density at radius 2 is 1.85 bits per heavy atom. The van der Waals surface area contributed by atoms with Crippen molar-refractivity contribution in [3.63, 3.8) is 0 Å². The van der Waals surface area contributed by atoms with Crippen LogP contribution in [0.2, 0.25) is 0 Å². The van der Waals surface area contributed by atoms with Crippen LogP contribution in [0.25, 0.3) is 0 Å². The first-order chi connectivity index (χ1) is 6.36. The Morgan fingerprint density at radius 3 is 2.54 bits per heavy atom. The first-order valence-corrected chi connectivity index (χ1v) is 5.41. The molecule has 0 amide bonds. The molecular formula is C11H19NO. The molecule has 1 saturated carbocycles. The molecule has 2 atom stereocenters. The molecule has 1 N–H and O–H groups in total. The van der Waals surface area contributed by atoms with Gasteiger partial charge in [0.15, 0.2) is 0 Å². The molecule has 0 bridgehead atoms. The van der Waals surface area contributed by atoms with Crippen molar-refractivity contribution in [2.45, 2.75) is 31.8 Å². The lowest BCUT2D eigenvalue weighted by Crippen LogP contribution is -2.35. The van der Waals surface area contributed by atoms with Gasteiger partial charge >= 0.3 is 0 Å². The fraction of sp³-hybridized carbons (Fsp3) is 0.818. The largest absolute Gasteiger partial charge is 0.393 e. The zero-order valence-electron chi connectivity index (χ0n) is 8.15. The van der Waals surface area contributed by atoms with Gasteiger partial charge in [0.05, 0.1) is 6.10 Å². The Hall–Kier alpha value is -0.340. The summed E-state index contributed by atoms with van der Waals surface area (Å²) in [6.07, 6.45) is 9.17. The molecule has 1 aliphatic heterocycles. The second kappa shape index (κ2) is 4.25. The number of aliphatic hydroxyl groups excluding tert-OH is 1. The topological polar surface area (TPSA) is 23.5 Å². The van der Waals surface area contributed by atoms with Crippen LogP contribution in [-0.2, 0) is 0 Å². The SMILES string of the molecule is OC1CCCCC1CN1CC=CC1. The van der Waals surface area contributed by atoms with E-state index in [1.165, 1.54) is 19.3 Å². The lowest BCUT2D eigenvalue weighted by molar-refractivity contribution is 0.0520. The normalized spacial score (nSPS) is 35.5. The van der Waals surface area contributed by atoms with E-state index in [1.807, 2.05) is 0 Å². The van der Waals surface area contributed by atoms with E-state index in [1.54, 1.807) is 0 Å². The summed E-state index contributed by atoms with van der Waals surface area (Å²) >= 11 is 0. The lowest BCUT2D eigenvalue weighted by atomic mass is 9.86. The van der Waals surface area contributed by atoms with Gasteiger partial charge in [0.1, 0.15) is 0 Å². The second-order valence-electron chi connectivity index (χ2n) is 4.30. The highest BCUT2D eigenvalue weighted by Crippen LogP contribution is 2.25. The summed E-state index contributed by atoms with van der Waals surface area (Å²) < 4.78 is 0. The van der Waals surface area contributed by atoms with E-state index in [9.17, 15) is 5.11 Å². The van der Waals surface area contributed by atoms with Crippen molar-refractivity contribution >= 4 is 0 Å². The van der Waals surface area contributed by atoms with Crippen LogP contribution in [0.4, 0.5) is 0 Å². The molecule has 0 radical (unpaired) electrons. The van der Waals surface area contributed by atoms with Crippen molar-refractivity contribution in [3.05, 3.63) is 12.2 Å². The standard InChI is InChI=1S/C11H19NO/c13-11-6-2-1-5-10(11)9-12-7-3-4-8-12/h3-4,10-11,13H,1-2,5-9H2. The van der Waals surface area contributed by atoms with E-state index in [2.05, 4.69) is 17.1 Å². The number of aliphatic hydroxyl groups is 1. The summed E-state index contributed by atoms with van der Waals surface area (Å²) in [5.74, 6) is 0.536. The summed E-state index contributed by atoms with van der Waals surface area (Å²) in [6.45, 7) is 3.26. The molecule has 0 aromatic carbocycles. The molecular weight excluding hydrogens is 162 g/mol. The molecule has 2 aliphatic rings. The molecule has 1 heterocycles. The highest BCUT2D eigenvalue weighted by molar-refractivity contribution is 4.96. The highest BCUT2D eigenvalue weighted by Gasteiger charge is 2.24. The average molecular weight is 181 g/mol. The minimum Gasteiger partial charge on any atom is -0.393 e. The molecule has 1 aliphatic carbocycles. The van der Waals surface area contributed by atoms with Crippen molar-refractivity contribution in [3.8, 4) is 0 Å². The smallest absolute Gasteiger partial charge is 0.0580 e. The second-order valence-corrected chi connectivity index (χ2v) is 4.30. The third-order valence-electron chi connectivity index (χ3n) is 3.26. The van der Waals surface area contributed by atoms with Crippen LogP contribution in [0, 0.1) is 5.92 Å². The maximum Gasteiger partial charge on any atom is 0.0580 e. The molecule has 2 heteroatoms. The molecule has 0 aromatic rings. The molecule has 2 nitrogen and oxygen atoms in total. The van der Waals surface area contributed by atoms with E-state index in [-0.39, 0.29) is 6.10 Å². The van der Waals surface area contributed by atoms with Crippen LogP contribution in [0.5, 0.6) is 0 Å². The van der Waals surface area contributed by atoms with Gasteiger partial charge in [0.2, 0.25) is 0 Å². The molecule has 0 saturated heterocycles. The first-order valence-electron chi connectivity index (χ1n) is 5.41. The molecule has 0 spiro atoms. The van der Waals surface area contributed by atoms with Crippen LogP contribution < -0.4 is 0 Å². The Bertz CT molecular complexity index is 183. The van der Waals surface area contributed by atoms with Gasteiger partial charge < -0.3 is 5.11 Å². The van der Waals surface area contributed by atoms with Crippen molar-refractivity contribution in [2.24, 2.45) is 5.92 Å². The monoisotopic (exact) mass is 181 g/mol. The zero-order valence-corrected chi connectivity index (χ0v) is 8.15. The summed E-state index contributed by atoms with van der Waals surface area (Å²) in [4.78, 5) is 2.42. The minimum absolute atomic E-state index is 0.0330. The Balaban J connectivity index is 1.78. The van der Waals surface area contributed by atoms with Crippen LogP contribution in [0.15, 0.2) is 12.2 Å². The predicted octanol–water partition coefficient (Wildman–Crippen LogP) is 1.41. The predicted molar refractivity (Wildman–Crippen MR) is 53.5 cm³/mol. The summed E-state index contributed by atoms with van der Waals surface area (Å²) in [6, 6.07) is 0. The van der Waals surface area contributed by atoms with Gasteiger partial charge in [0.25, 0.3) is 0 Å². The van der Waals surface area contributed by atoms with Crippen molar-refractivity contribution in [2.75, 3.05) is 19.6 Å². The van der Waals surface area contributed by atoms with Gasteiger partial charge in [-0.05, 0) is 18.8 Å². The van der Waals surface area contributed by atoms with Crippen molar-refractivity contribution < 1.29 is 5.11 Å². The van der Waals surface area contributed by atoms with Crippen LogP contribution in [-0.4, -0.2) is 35.7 Å². The summed E-state index contributed by atoms with van der Waals surface area (Å²) in [7, 11) is 0. The maximum atomic E-state index is 9.78. The Labute approximate surface area is 80.2 Å². The molecule has 1 fully saturated rings. The van der Waals surface area contributed by atoms with Gasteiger partial charge in [-0.3, -0.25) is 4.90 Å². The van der Waals surface area contributed by atoms with Crippen LogP contribution >= 0.6 is 0 Å². The molecule has 2 rings (SSSR count). The zero-order chi connectivity index (χ0) is 9.10. The third kappa shape index (κ3) is 2.32. The van der Waals surface area contributed by atoms with Crippen molar-refractivity contribution in [1.82, 2.24) is 4.90 Å². The minimum atomic E-state index is -0.0330. The quantitative estimate of drug-likeness (QED) is 0.651. The fourth-order valence-corrected chi connectivity index (χ4v) is 2.40. The molecule has 0 aromatic heterocycles. The van der Waals surface area contributed by atoms with E-state index < -0.39 is 0 Å². The number of rotatable bonds is 2. The Kier molecular flexibility index (Phi) is 3.01. The number of hydrogen-bond acceptors (Lipinski definition) is 2. The molecule has 2 unspecified atom stereocenters. The summed E-state index contributed by atoms with van der Waals surface area (Å²) in [5, 5.41) is 9.78. The van der Waals surface area contributed by atoms with E-state index in [4.69, 9.17) is 0 Å². The molecule has 13 heavy (non-hydrogen) atoms. The van der Waals surface area contributed by atoms with Gasteiger partial charge in [-0.15, -0.1) is 0 Å². The van der Waals surface area contributed by atoms with Gasteiger partial charge in [-0.25, -0.2) is 0 Å². The van der Waals surface area contributed by atoms with Crippen LogP contribution in [0.3, 0.4) is 0 Å². The van der Waals surface area contributed by atoms with E-state index in [0.29, 0.717) is 5.92 Å². The Morgan fingerprint density at radius 1 is 1.15 bits per heavy atom. The first kappa shape index (κ1) is 9.22. The van der Waals surface area contributed by atoms with Gasteiger partial charge in [-0.1, -0.05) is 25.0 Å². The number of hydrogen-bond donors (Lipinski definition) is 1. The van der Waals surface area contributed by atoms with E-state index in [0.717, 1.165) is 26.1 Å². The van der Waals surface area contributed by atoms with Crippen LogP contribution in [0.1, 0.15) is 25.7 Å². The fourth-order valence-electron chi connectivity index (χ4n) is 2.40. The van der Waals surface area contributed by atoms with Crippen molar-refractivity contribution in [1.29, 1.82) is 0 Å². The molecule has 74 valence electrons. The summed E-state index contributed by atoms with van der Waals surface area (Å²) in [5.41, 5.74) is 0. The highest BCUT2D eigenvalue weighted by atomic mass is 16.3. The lowest BCUT2D eigenvalue weighted by Gasteiger charge is -2.30. The average Bonchev–Trinajstić information content (AvgIpc) is 2.61. The number of nitrogens with zero attached hydrogens (tertiary/aromatic N) is 1. The third-order valence-corrected chi connectivity index (χ3v) is 3.26. The maximum absolute atomic E-state index is 9.78. The van der Waals surface area contributed by atoms with E-state index >= 15 is 0 Å².